The van der Waals surface area contributed by atoms with Gasteiger partial charge >= 0.3 is 0 Å². The van der Waals surface area contributed by atoms with Crippen molar-refractivity contribution in [1.29, 1.82) is 0 Å². The predicted molar refractivity (Wildman–Crippen MR) is 155 cm³/mol. The summed E-state index contributed by atoms with van der Waals surface area (Å²) in [5, 5.41) is 4.33. The molecule has 14 heteroatoms. The lowest BCUT2D eigenvalue weighted by Gasteiger charge is -2.29. The normalized spacial score (nSPS) is 19.2. The maximum Gasteiger partial charge on any atom is 0.293 e. The quantitative estimate of drug-likeness (QED) is 0.188. The van der Waals surface area contributed by atoms with Crippen LogP contribution in [0, 0.1) is 17.6 Å². The van der Waals surface area contributed by atoms with Crippen LogP contribution >= 0.6 is 11.6 Å². The predicted octanol–water partition coefficient (Wildman–Crippen LogP) is 6.71. The minimum absolute atomic E-state index is 0.0268. The second-order valence-electron chi connectivity index (χ2n) is 11.5. The fourth-order valence-electron chi connectivity index (χ4n) is 6.67. The summed E-state index contributed by atoms with van der Waals surface area (Å²) in [4.78, 5) is 32.1. The number of carbonyl (C=O) groups excluding carboxylic acids is 1. The summed E-state index contributed by atoms with van der Waals surface area (Å²) >= 11 is 6.09. The highest BCUT2D eigenvalue weighted by atomic mass is 35.5. The molecule has 0 bridgehead atoms. The number of amides is 1. The van der Waals surface area contributed by atoms with Crippen LogP contribution in [0.4, 0.5) is 26.3 Å². The number of hydrogen-bond donors (Lipinski definition) is 1. The molecule has 1 saturated carbocycles. The fourth-order valence-corrected chi connectivity index (χ4v) is 6.80. The molecule has 1 unspecified atom stereocenters. The van der Waals surface area contributed by atoms with Gasteiger partial charge < -0.3 is 5.73 Å². The molecular formula is C32H22ClF6N5O2. The summed E-state index contributed by atoms with van der Waals surface area (Å²) in [7, 11) is 0. The van der Waals surface area contributed by atoms with Crippen LogP contribution in [-0.4, -0.2) is 25.2 Å². The molecular weight excluding hydrogens is 636 g/mol. The van der Waals surface area contributed by atoms with E-state index >= 15 is 8.78 Å². The topological polar surface area (TPSA) is 95.8 Å². The number of nitrogens with zero attached hydrogens (tertiary/aromatic N) is 4. The van der Waals surface area contributed by atoms with E-state index in [1.165, 1.54) is 36.4 Å². The lowest BCUT2D eigenvalue weighted by atomic mass is 9.89. The molecule has 0 saturated heterocycles. The molecule has 46 heavy (non-hydrogen) atoms. The zero-order chi connectivity index (χ0) is 32.7. The molecule has 1 amide bonds. The average molecular weight is 658 g/mol. The number of halogens is 7. The largest absolute Gasteiger partial charge is 0.368 e. The highest BCUT2D eigenvalue weighted by molar-refractivity contribution is 6.30. The maximum atomic E-state index is 15.7. The van der Waals surface area contributed by atoms with Gasteiger partial charge in [0.2, 0.25) is 5.91 Å². The monoisotopic (exact) mass is 657 g/mol. The number of primary amides is 1. The summed E-state index contributed by atoms with van der Waals surface area (Å²) in [6.45, 7) is 0. The van der Waals surface area contributed by atoms with Gasteiger partial charge in [-0.3, -0.25) is 14.2 Å². The number of hydrogen-bond acceptors (Lipinski definition) is 4. The third-order valence-corrected chi connectivity index (χ3v) is 8.91. The number of rotatable bonds is 8. The van der Waals surface area contributed by atoms with Gasteiger partial charge in [-0.15, -0.1) is 0 Å². The molecule has 3 aromatic carbocycles. The molecule has 2 heterocycles. The number of fused-ring (bicyclic) bond motifs is 4. The molecule has 0 radical (unpaired) electrons. The summed E-state index contributed by atoms with van der Waals surface area (Å²) in [6, 6.07) is 12.7. The minimum atomic E-state index is -3.63. The van der Waals surface area contributed by atoms with E-state index in [2.05, 4.69) is 10.1 Å². The molecule has 2 aromatic heterocycles. The number of para-hydroxylation sites is 1. The molecule has 0 spiro atoms. The van der Waals surface area contributed by atoms with Crippen LogP contribution in [-0.2, 0) is 17.1 Å². The second-order valence-corrected chi connectivity index (χ2v) is 11.9. The number of alkyl halides is 4. The van der Waals surface area contributed by atoms with Gasteiger partial charge in [-0.05, 0) is 72.9 Å². The first-order valence-corrected chi connectivity index (χ1v) is 14.5. The van der Waals surface area contributed by atoms with Gasteiger partial charge in [0.25, 0.3) is 17.9 Å². The summed E-state index contributed by atoms with van der Waals surface area (Å²) < 4.78 is 90.5. The standard InChI is InChI=1S/C32H22ClF6N5O2/c33-15-5-7-18(8-6-15)43-30(41-23-4-2-1-3-19(23)31(43)46)21(11-14-9-16(34)12-17(35)10-14)26(29(40)45)44-27-24(25(42-44)28(36)37)20-13-22(20)32(27,38)39/h1-10,12,20-22,26,28H,11,13H2,(H2,40,45)/t20-,21-,22+,26?/m0/s1. The second kappa shape index (κ2) is 10.7. The first-order valence-electron chi connectivity index (χ1n) is 14.2. The van der Waals surface area contributed by atoms with Crippen molar-refractivity contribution >= 4 is 28.4 Å². The van der Waals surface area contributed by atoms with Gasteiger partial charge in [0.05, 0.1) is 22.5 Å². The zero-order valence-electron chi connectivity index (χ0n) is 23.5. The van der Waals surface area contributed by atoms with Crippen LogP contribution in [0.2, 0.25) is 5.02 Å². The zero-order valence-corrected chi connectivity index (χ0v) is 24.2. The molecule has 0 aliphatic heterocycles. The Morgan fingerprint density at radius 2 is 1.72 bits per heavy atom. The van der Waals surface area contributed by atoms with Crippen LogP contribution in [0.3, 0.4) is 0 Å². The Balaban J connectivity index is 1.54. The molecule has 5 aromatic rings. The van der Waals surface area contributed by atoms with E-state index < -0.39 is 77.1 Å². The lowest BCUT2D eigenvalue weighted by Crippen LogP contribution is -2.39. The van der Waals surface area contributed by atoms with Crippen LogP contribution in [0.1, 0.15) is 59.1 Å². The number of aromatic nitrogens is 4. The third kappa shape index (κ3) is 4.75. The Labute approximate surface area is 261 Å². The van der Waals surface area contributed by atoms with Crippen molar-refractivity contribution in [3.63, 3.8) is 0 Å². The Kier molecular flexibility index (Phi) is 7.00. The van der Waals surface area contributed by atoms with Crippen molar-refractivity contribution in [2.24, 2.45) is 11.7 Å². The van der Waals surface area contributed by atoms with Crippen molar-refractivity contribution in [2.45, 2.75) is 43.1 Å². The Morgan fingerprint density at radius 1 is 1.04 bits per heavy atom. The van der Waals surface area contributed by atoms with Crippen LogP contribution in [0.25, 0.3) is 16.6 Å². The van der Waals surface area contributed by atoms with E-state index in [0.29, 0.717) is 15.8 Å². The van der Waals surface area contributed by atoms with E-state index in [1.54, 1.807) is 12.1 Å². The van der Waals surface area contributed by atoms with Gasteiger partial charge in [-0.1, -0.05) is 23.7 Å². The van der Waals surface area contributed by atoms with Gasteiger partial charge in [0.1, 0.15) is 34.9 Å². The van der Waals surface area contributed by atoms with Crippen LogP contribution in [0.5, 0.6) is 0 Å². The smallest absolute Gasteiger partial charge is 0.293 e. The number of benzene rings is 3. The van der Waals surface area contributed by atoms with Crippen molar-refractivity contribution in [1.82, 2.24) is 19.3 Å². The Morgan fingerprint density at radius 3 is 2.37 bits per heavy atom. The number of nitrogens with two attached hydrogens (primary N) is 1. The fraction of sp³-hybridized carbons (Fsp3) is 0.250. The lowest BCUT2D eigenvalue weighted by molar-refractivity contribution is -0.122. The minimum Gasteiger partial charge on any atom is -0.368 e. The van der Waals surface area contributed by atoms with E-state index in [0.717, 1.165) is 16.7 Å². The Bertz CT molecular complexity index is 2080. The number of carbonyl (C=O) groups is 1. The van der Waals surface area contributed by atoms with E-state index in [9.17, 15) is 27.2 Å². The highest BCUT2D eigenvalue weighted by Crippen LogP contribution is 2.68. The van der Waals surface area contributed by atoms with E-state index in [-0.39, 0.29) is 40.0 Å². The third-order valence-electron chi connectivity index (χ3n) is 8.66. The van der Waals surface area contributed by atoms with E-state index in [4.69, 9.17) is 17.3 Å². The van der Waals surface area contributed by atoms with Gasteiger partial charge in [-0.2, -0.15) is 13.9 Å². The summed E-state index contributed by atoms with van der Waals surface area (Å²) in [5.74, 6) is -10.7. The molecule has 2 aliphatic rings. The first kappa shape index (κ1) is 30.0. The maximum absolute atomic E-state index is 15.7. The Hall–Kier alpha value is -4.65. The molecule has 236 valence electrons. The highest BCUT2D eigenvalue weighted by Gasteiger charge is 2.67. The van der Waals surface area contributed by atoms with Crippen molar-refractivity contribution in [3.8, 4) is 5.69 Å². The van der Waals surface area contributed by atoms with Gasteiger partial charge in [-0.25, -0.2) is 27.2 Å². The first-order chi connectivity index (χ1) is 21.9. The SMILES string of the molecule is NC(=O)C([C@H](Cc1cc(F)cc(F)c1)c1nc2ccccc2c(=O)n1-c1ccc(Cl)cc1)n1nc(C(F)F)c2c1C(F)(F)[C@@H]1C[C@H]21. The molecule has 1 fully saturated rings. The molecule has 7 rings (SSSR count). The van der Waals surface area contributed by atoms with Crippen LogP contribution < -0.4 is 11.3 Å². The summed E-state index contributed by atoms with van der Waals surface area (Å²) in [6.07, 6.45) is -3.76. The van der Waals surface area contributed by atoms with E-state index in [1.807, 2.05) is 0 Å². The molecule has 7 nitrogen and oxygen atoms in total. The van der Waals surface area contributed by atoms with Crippen molar-refractivity contribution in [2.75, 3.05) is 0 Å². The van der Waals surface area contributed by atoms with Gasteiger partial charge in [0.15, 0.2) is 0 Å². The molecule has 4 atom stereocenters. The molecule has 2 N–H and O–H groups in total. The molecule has 2 aliphatic carbocycles. The average Bonchev–Trinajstić information content (AvgIpc) is 3.64. The summed E-state index contributed by atoms with van der Waals surface area (Å²) in [5.41, 5.74) is 3.44. The van der Waals surface area contributed by atoms with Crippen LogP contribution in [0.15, 0.2) is 71.5 Å². The van der Waals surface area contributed by atoms with Crippen molar-refractivity contribution < 1.29 is 31.1 Å². The van der Waals surface area contributed by atoms with Crippen molar-refractivity contribution in [3.05, 3.63) is 122 Å². The van der Waals surface area contributed by atoms with Gasteiger partial charge in [0, 0.05) is 22.6 Å².